The Hall–Kier alpha value is -2.69. The second-order valence-electron chi connectivity index (χ2n) is 5.40. The first kappa shape index (κ1) is 19.1. The lowest BCUT2D eigenvalue weighted by Gasteiger charge is -2.08. The number of amides is 1. The minimum atomic E-state index is -4.23. The van der Waals surface area contributed by atoms with Crippen molar-refractivity contribution in [3.8, 4) is 11.3 Å². The number of sulfonamides is 1. The summed E-state index contributed by atoms with van der Waals surface area (Å²) in [7, 11) is -4.23. The molecule has 2 N–H and O–H groups in total. The minimum Gasteiger partial charge on any atom is -0.277 e. The van der Waals surface area contributed by atoms with E-state index in [1.807, 2.05) is 40.6 Å². The van der Waals surface area contributed by atoms with Crippen LogP contribution in [0.1, 0.15) is 5.01 Å². The molecule has 2 aromatic carbocycles. The van der Waals surface area contributed by atoms with E-state index in [0.29, 0.717) is 22.8 Å². The average Bonchev–Trinajstić information content (AvgIpc) is 3.11. The number of carbonyl (C=O) groups excluding carboxylic acids is 1. The molecule has 1 amide bonds. The van der Waals surface area contributed by atoms with Crippen LogP contribution in [-0.2, 0) is 21.2 Å². The Bertz CT molecular complexity index is 1070. The predicted molar refractivity (Wildman–Crippen MR) is 96.1 cm³/mol. The third kappa shape index (κ3) is 4.73. The van der Waals surface area contributed by atoms with Crippen LogP contribution in [0.3, 0.4) is 0 Å². The molecular formula is C17H13F2N3O3S2. The van der Waals surface area contributed by atoms with Crippen molar-refractivity contribution in [2.24, 2.45) is 0 Å². The van der Waals surface area contributed by atoms with Crippen molar-refractivity contribution in [1.29, 1.82) is 0 Å². The summed E-state index contributed by atoms with van der Waals surface area (Å²) in [5, 5.41) is 2.29. The molecule has 27 heavy (non-hydrogen) atoms. The van der Waals surface area contributed by atoms with Crippen LogP contribution in [0, 0.1) is 11.6 Å². The monoisotopic (exact) mass is 409 g/mol. The molecule has 0 saturated carbocycles. The van der Waals surface area contributed by atoms with Crippen molar-refractivity contribution in [3.63, 3.8) is 0 Å². The zero-order chi connectivity index (χ0) is 19.4. The lowest BCUT2D eigenvalue weighted by Crippen LogP contribution is -2.42. The number of benzene rings is 2. The molecule has 0 fully saturated rings. The molecular weight excluding hydrogens is 396 g/mol. The van der Waals surface area contributed by atoms with Crippen LogP contribution < -0.4 is 10.3 Å². The van der Waals surface area contributed by atoms with Crippen molar-refractivity contribution < 1.29 is 22.0 Å². The minimum absolute atomic E-state index is 0.141. The molecule has 10 heteroatoms. The van der Waals surface area contributed by atoms with Crippen molar-refractivity contribution in [3.05, 3.63) is 70.6 Å². The molecule has 0 radical (unpaired) electrons. The van der Waals surface area contributed by atoms with Crippen LogP contribution in [0.5, 0.6) is 0 Å². The number of aromatic nitrogens is 1. The second-order valence-corrected chi connectivity index (χ2v) is 8.02. The van der Waals surface area contributed by atoms with Crippen molar-refractivity contribution in [2.45, 2.75) is 11.3 Å². The average molecular weight is 409 g/mol. The fourth-order valence-electron chi connectivity index (χ4n) is 2.14. The van der Waals surface area contributed by atoms with Crippen molar-refractivity contribution in [2.75, 3.05) is 0 Å². The number of nitrogens with zero attached hydrogens (tertiary/aromatic N) is 1. The summed E-state index contributed by atoms with van der Waals surface area (Å²) < 4.78 is 50.1. The molecule has 1 heterocycles. The van der Waals surface area contributed by atoms with E-state index in [1.165, 1.54) is 11.3 Å². The van der Waals surface area contributed by atoms with E-state index in [0.717, 1.165) is 11.6 Å². The highest BCUT2D eigenvalue weighted by molar-refractivity contribution is 7.89. The standard InChI is InChI=1S/C17H13F2N3O3S2/c18-13-7-6-12(8-14(13)19)27(24,25)22-21-16(23)9-17-20-15(10-26-17)11-4-2-1-3-5-11/h1-8,10,22H,9H2,(H,21,23). The fourth-order valence-corrected chi connectivity index (χ4v) is 3.82. The number of hydrazine groups is 1. The van der Waals surface area contributed by atoms with Gasteiger partial charge < -0.3 is 0 Å². The highest BCUT2D eigenvalue weighted by atomic mass is 32.2. The van der Waals surface area contributed by atoms with E-state index in [-0.39, 0.29) is 6.42 Å². The first-order valence-electron chi connectivity index (χ1n) is 7.61. The quantitative estimate of drug-likeness (QED) is 0.613. The van der Waals surface area contributed by atoms with Gasteiger partial charge in [0.05, 0.1) is 17.0 Å². The van der Waals surface area contributed by atoms with Crippen LogP contribution in [0.4, 0.5) is 8.78 Å². The molecule has 0 atom stereocenters. The van der Waals surface area contributed by atoms with Gasteiger partial charge in [0.15, 0.2) is 11.6 Å². The molecule has 0 spiro atoms. The number of hydrogen-bond donors (Lipinski definition) is 2. The van der Waals surface area contributed by atoms with Gasteiger partial charge in [-0.2, -0.15) is 0 Å². The first-order valence-corrected chi connectivity index (χ1v) is 9.97. The Morgan fingerprint density at radius 3 is 2.52 bits per heavy atom. The third-order valence-corrected chi connectivity index (χ3v) is 5.55. The van der Waals surface area contributed by atoms with Gasteiger partial charge in [0.25, 0.3) is 10.0 Å². The molecule has 0 saturated heterocycles. The SMILES string of the molecule is O=C(Cc1nc(-c2ccccc2)cs1)NNS(=O)(=O)c1ccc(F)c(F)c1. The highest BCUT2D eigenvalue weighted by Crippen LogP contribution is 2.21. The Balaban J connectivity index is 1.61. The third-order valence-electron chi connectivity index (χ3n) is 3.46. The van der Waals surface area contributed by atoms with Crippen LogP contribution in [0.15, 0.2) is 58.8 Å². The number of nitrogens with one attached hydrogen (secondary N) is 2. The molecule has 3 rings (SSSR count). The molecule has 0 aliphatic rings. The van der Waals surface area contributed by atoms with Crippen molar-refractivity contribution in [1.82, 2.24) is 15.2 Å². The summed E-state index contributed by atoms with van der Waals surface area (Å²) in [6.07, 6.45) is -0.141. The molecule has 0 bridgehead atoms. The first-order chi connectivity index (χ1) is 12.8. The summed E-state index contributed by atoms with van der Waals surface area (Å²) in [6, 6.07) is 11.5. The van der Waals surface area contributed by atoms with E-state index < -0.39 is 32.5 Å². The second kappa shape index (κ2) is 7.91. The Labute approximate surface area is 157 Å². The fraction of sp³-hybridized carbons (Fsp3) is 0.0588. The van der Waals surface area contributed by atoms with Gasteiger partial charge in [-0.15, -0.1) is 16.2 Å². The van der Waals surface area contributed by atoms with Gasteiger partial charge in [-0.25, -0.2) is 22.2 Å². The van der Waals surface area contributed by atoms with Crippen LogP contribution in [0.25, 0.3) is 11.3 Å². The summed E-state index contributed by atoms with van der Waals surface area (Å²) in [5.41, 5.74) is 3.64. The van der Waals surface area contributed by atoms with E-state index in [9.17, 15) is 22.0 Å². The van der Waals surface area contributed by atoms with Gasteiger partial charge in [-0.3, -0.25) is 10.2 Å². The maximum atomic E-state index is 13.2. The van der Waals surface area contributed by atoms with Crippen LogP contribution in [0.2, 0.25) is 0 Å². The summed E-state index contributed by atoms with van der Waals surface area (Å²) in [6.45, 7) is 0. The number of halogens is 2. The highest BCUT2D eigenvalue weighted by Gasteiger charge is 2.18. The Morgan fingerprint density at radius 1 is 1.07 bits per heavy atom. The Kier molecular flexibility index (Phi) is 5.59. The topological polar surface area (TPSA) is 88.2 Å². The maximum Gasteiger partial charge on any atom is 0.257 e. The zero-order valence-corrected chi connectivity index (χ0v) is 15.3. The van der Waals surface area contributed by atoms with Crippen molar-refractivity contribution >= 4 is 27.3 Å². The number of carbonyl (C=O) groups is 1. The molecule has 140 valence electrons. The van der Waals surface area contributed by atoms with Gasteiger partial charge in [0.1, 0.15) is 5.01 Å². The van der Waals surface area contributed by atoms with Gasteiger partial charge in [-0.05, 0) is 18.2 Å². The summed E-state index contributed by atoms with van der Waals surface area (Å²) >= 11 is 1.27. The van der Waals surface area contributed by atoms with E-state index in [2.05, 4.69) is 4.98 Å². The normalized spacial score (nSPS) is 11.3. The molecule has 0 aliphatic carbocycles. The summed E-state index contributed by atoms with van der Waals surface area (Å²) in [5.74, 6) is -3.12. The van der Waals surface area contributed by atoms with Gasteiger partial charge >= 0.3 is 0 Å². The number of thiazole rings is 1. The van der Waals surface area contributed by atoms with E-state index in [1.54, 1.807) is 5.38 Å². The zero-order valence-electron chi connectivity index (χ0n) is 13.6. The summed E-state index contributed by atoms with van der Waals surface area (Å²) in [4.78, 5) is 17.6. The smallest absolute Gasteiger partial charge is 0.257 e. The van der Waals surface area contributed by atoms with E-state index in [4.69, 9.17) is 0 Å². The maximum absolute atomic E-state index is 13.2. The van der Waals surface area contributed by atoms with E-state index >= 15 is 0 Å². The van der Waals surface area contributed by atoms with Crippen LogP contribution >= 0.6 is 11.3 Å². The number of hydrogen-bond acceptors (Lipinski definition) is 5. The van der Waals surface area contributed by atoms with Gasteiger partial charge in [0, 0.05) is 10.9 Å². The van der Waals surface area contributed by atoms with Gasteiger partial charge in [0.2, 0.25) is 5.91 Å². The molecule has 0 aliphatic heterocycles. The van der Waals surface area contributed by atoms with Gasteiger partial charge in [-0.1, -0.05) is 30.3 Å². The Morgan fingerprint density at radius 2 is 1.81 bits per heavy atom. The van der Waals surface area contributed by atoms with Crippen LogP contribution in [-0.4, -0.2) is 19.3 Å². The molecule has 6 nitrogen and oxygen atoms in total. The lowest BCUT2D eigenvalue weighted by atomic mass is 10.2. The molecule has 0 unspecified atom stereocenters. The molecule has 3 aromatic rings. The molecule has 1 aromatic heterocycles. The predicted octanol–water partition coefficient (Wildman–Crippen LogP) is 2.64. The largest absolute Gasteiger partial charge is 0.277 e. The number of rotatable bonds is 6. The lowest BCUT2D eigenvalue weighted by molar-refractivity contribution is -0.120.